The minimum absolute atomic E-state index is 0.188. The zero-order chi connectivity index (χ0) is 19.2. The number of nitrogens with two attached hydrogens (primary N) is 1. The Morgan fingerprint density at radius 2 is 2.00 bits per heavy atom. The van der Waals surface area contributed by atoms with Crippen LogP contribution in [0.3, 0.4) is 0 Å². The summed E-state index contributed by atoms with van der Waals surface area (Å²) in [4.78, 5) is 36.2. The van der Waals surface area contributed by atoms with Crippen molar-refractivity contribution in [2.75, 3.05) is 30.7 Å². The van der Waals surface area contributed by atoms with Crippen molar-refractivity contribution in [2.24, 2.45) is 0 Å². The number of rotatable bonds is 3. The number of nitrogens with one attached hydrogen (secondary N) is 2. The van der Waals surface area contributed by atoms with Gasteiger partial charge in [0.1, 0.15) is 35.0 Å². The van der Waals surface area contributed by atoms with Crippen molar-refractivity contribution in [3.8, 4) is 0 Å². The number of pyridine rings is 1. The van der Waals surface area contributed by atoms with Crippen LogP contribution < -0.4 is 21.9 Å². The van der Waals surface area contributed by atoms with Gasteiger partial charge in [0.05, 0.1) is 0 Å². The molecule has 1 amide bonds. The number of amides is 1. The monoisotopic (exact) mass is 369 g/mol. The summed E-state index contributed by atoms with van der Waals surface area (Å²) in [5.74, 6) is 0.560. The lowest BCUT2D eigenvalue weighted by molar-refractivity contribution is 0.0761. The molecular weight excluding hydrogens is 346 g/mol. The summed E-state index contributed by atoms with van der Waals surface area (Å²) in [7, 11) is 0. The zero-order valence-corrected chi connectivity index (χ0v) is 15.5. The SMILES string of the molecule is CCN1CCC2(CC1)NC(=O)c1c(C)cc(Nc3cc(N)ncn3)c(=O)n12. The number of nitrogen functional groups attached to an aromatic ring is 1. The van der Waals surface area contributed by atoms with E-state index in [1.54, 1.807) is 16.7 Å². The first kappa shape index (κ1) is 17.5. The average Bonchev–Trinajstić information content (AvgIpc) is 2.93. The van der Waals surface area contributed by atoms with Gasteiger partial charge in [-0.1, -0.05) is 6.92 Å². The van der Waals surface area contributed by atoms with Gasteiger partial charge >= 0.3 is 0 Å². The summed E-state index contributed by atoms with van der Waals surface area (Å²) in [5.41, 5.74) is 6.34. The summed E-state index contributed by atoms with van der Waals surface area (Å²) in [5, 5.41) is 6.11. The highest BCUT2D eigenvalue weighted by molar-refractivity contribution is 5.97. The van der Waals surface area contributed by atoms with Crippen LogP contribution in [0, 0.1) is 6.92 Å². The number of aryl methyl sites for hydroxylation is 1. The number of aromatic nitrogens is 3. The third-order valence-corrected chi connectivity index (χ3v) is 5.46. The minimum Gasteiger partial charge on any atom is -0.384 e. The molecule has 0 bridgehead atoms. The Hall–Kier alpha value is -2.94. The molecule has 0 saturated carbocycles. The van der Waals surface area contributed by atoms with E-state index >= 15 is 0 Å². The second-order valence-corrected chi connectivity index (χ2v) is 7.10. The number of piperidine rings is 1. The van der Waals surface area contributed by atoms with Gasteiger partial charge in [-0.05, 0) is 25.1 Å². The lowest BCUT2D eigenvalue weighted by atomic mass is 9.97. The highest BCUT2D eigenvalue weighted by Gasteiger charge is 2.46. The van der Waals surface area contributed by atoms with Crippen LogP contribution >= 0.6 is 0 Å². The first-order chi connectivity index (χ1) is 12.9. The highest BCUT2D eigenvalue weighted by atomic mass is 16.2. The van der Waals surface area contributed by atoms with Crippen molar-refractivity contribution in [3.05, 3.63) is 40.1 Å². The predicted molar refractivity (Wildman–Crippen MR) is 102 cm³/mol. The smallest absolute Gasteiger partial charge is 0.276 e. The number of nitrogens with zero attached hydrogens (tertiary/aromatic N) is 4. The van der Waals surface area contributed by atoms with E-state index in [0.29, 0.717) is 35.9 Å². The molecule has 9 nitrogen and oxygen atoms in total. The van der Waals surface area contributed by atoms with Crippen molar-refractivity contribution in [1.29, 1.82) is 0 Å². The fourth-order valence-electron chi connectivity index (χ4n) is 4.02. The Labute approximate surface area is 156 Å². The van der Waals surface area contributed by atoms with Crippen LogP contribution in [-0.4, -0.2) is 45.0 Å². The van der Waals surface area contributed by atoms with Gasteiger partial charge in [-0.3, -0.25) is 14.2 Å². The van der Waals surface area contributed by atoms with Crippen LogP contribution in [0.5, 0.6) is 0 Å². The molecule has 0 aliphatic carbocycles. The molecule has 4 N–H and O–H groups in total. The molecule has 4 rings (SSSR count). The Kier molecular flexibility index (Phi) is 4.11. The molecule has 0 radical (unpaired) electrons. The first-order valence-electron chi connectivity index (χ1n) is 9.10. The molecule has 2 aromatic heterocycles. The molecule has 9 heteroatoms. The number of hydrogen-bond acceptors (Lipinski definition) is 7. The molecule has 0 atom stereocenters. The van der Waals surface area contributed by atoms with Crippen molar-refractivity contribution in [1.82, 2.24) is 24.8 Å². The average molecular weight is 369 g/mol. The maximum atomic E-state index is 13.3. The summed E-state index contributed by atoms with van der Waals surface area (Å²) < 4.78 is 1.64. The van der Waals surface area contributed by atoms with E-state index in [4.69, 9.17) is 5.73 Å². The first-order valence-corrected chi connectivity index (χ1v) is 9.10. The molecule has 4 heterocycles. The van der Waals surface area contributed by atoms with Gasteiger partial charge in [0.25, 0.3) is 11.5 Å². The van der Waals surface area contributed by atoms with Gasteiger partial charge in [-0.15, -0.1) is 0 Å². The van der Waals surface area contributed by atoms with Gasteiger partial charge in [0, 0.05) is 32.0 Å². The number of fused-ring (bicyclic) bond motifs is 2. The van der Waals surface area contributed by atoms with Crippen LogP contribution in [0.1, 0.15) is 35.8 Å². The van der Waals surface area contributed by atoms with E-state index in [0.717, 1.165) is 25.2 Å². The molecule has 27 heavy (non-hydrogen) atoms. The Bertz CT molecular complexity index is 961. The topological polar surface area (TPSA) is 118 Å². The quantitative estimate of drug-likeness (QED) is 0.732. The van der Waals surface area contributed by atoms with E-state index in [2.05, 4.69) is 32.4 Å². The van der Waals surface area contributed by atoms with E-state index < -0.39 is 5.66 Å². The third-order valence-electron chi connectivity index (χ3n) is 5.46. The fourth-order valence-corrected chi connectivity index (χ4v) is 4.02. The highest BCUT2D eigenvalue weighted by Crippen LogP contribution is 2.34. The number of hydrogen-bond donors (Lipinski definition) is 3. The van der Waals surface area contributed by atoms with Crippen molar-refractivity contribution >= 4 is 23.2 Å². The van der Waals surface area contributed by atoms with Crippen LogP contribution in [-0.2, 0) is 5.66 Å². The predicted octanol–water partition coefficient (Wildman–Crippen LogP) is 0.784. The van der Waals surface area contributed by atoms with E-state index in [1.165, 1.54) is 6.33 Å². The fraction of sp³-hybridized carbons (Fsp3) is 0.444. The molecule has 2 aromatic rings. The molecule has 1 fully saturated rings. The van der Waals surface area contributed by atoms with Crippen LogP contribution in [0.2, 0.25) is 0 Å². The number of likely N-dealkylation sites (tertiary alicyclic amines) is 1. The van der Waals surface area contributed by atoms with Crippen LogP contribution in [0.4, 0.5) is 17.3 Å². The van der Waals surface area contributed by atoms with Crippen LogP contribution in [0.25, 0.3) is 0 Å². The lowest BCUT2D eigenvalue weighted by Gasteiger charge is -2.40. The van der Waals surface area contributed by atoms with Gasteiger partial charge in [-0.25, -0.2) is 9.97 Å². The molecular formula is C18H23N7O2. The standard InChI is InChI=1S/C18H23N7O2/c1-3-24-6-4-18(5-7-24)23-16(26)15-11(2)8-12(17(27)25(15)18)22-14-9-13(19)20-10-21-14/h8-10H,3-7H2,1-2H3,(H,23,26)(H3,19,20,21,22). The van der Waals surface area contributed by atoms with Crippen molar-refractivity contribution in [2.45, 2.75) is 32.4 Å². The van der Waals surface area contributed by atoms with Crippen molar-refractivity contribution < 1.29 is 4.79 Å². The van der Waals surface area contributed by atoms with Gasteiger partial charge < -0.3 is 21.3 Å². The zero-order valence-electron chi connectivity index (χ0n) is 15.5. The third kappa shape index (κ3) is 2.84. The molecule has 2 aliphatic rings. The van der Waals surface area contributed by atoms with Gasteiger partial charge in [-0.2, -0.15) is 0 Å². The Morgan fingerprint density at radius 3 is 2.67 bits per heavy atom. The Morgan fingerprint density at radius 1 is 1.26 bits per heavy atom. The largest absolute Gasteiger partial charge is 0.384 e. The minimum atomic E-state index is -0.664. The molecule has 1 saturated heterocycles. The summed E-state index contributed by atoms with van der Waals surface area (Å²) in [6.45, 7) is 6.58. The summed E-state index contributed by atoms with van der Waals surface area (Å²) in [6, 6.07) is 3.25. The molecule has 142 valence electrons. The number of anilines is 3. The second kappa shape index (κ2) is 6.34. The van der Waals surface area contributed by atoms with Gasteiger partial charge in [0.15, 0.2) is 0 Å². The molecule has 1 spiro atoms. The van der Waals surface area contributed by atoms with E-state index in [9.17, 15) is 9.59 Å². The van der Waals surface area contributed by atoms with E-state index in [1.807, 2.05) is 6.92 Å². The second-order valence-electron chi connectivity index (χ2n) is 7.10. The summed E-state index contributed by atoms with van der Waals surface area (Å²) in [6.07, 6.45) is 2.73. The summed E-state index contributed by atoms with van der Waals surface area (Å²) >= 11 is 0. The normalized spacial score (nSPS) is 18.4. The van der Waals surface area contributed by atoms with Crippen LogP contribution in [0.15, 0.2) is 23.3 Å². The molecule has 0 unspecified atom stereocenters. The van der Waals surface area contributed by atoms with Gasteiger partial charge in [0.2, 0.25) is 0 Å². The number of carbonyl (C=O) groups is 1. The Balaban J connectivity index is 1.78. The maximum Gasteiger partial charge on any atom is 0.276 e. The van der Waals surface area contributed by atoms with Crippen molar-refractivity contribution in [3.63, 3.8) is 0 Å². The lowest BCUT2D eigenvalue weighted by Crippen LogP contribution is -2.54. The molecule has 2 aliphatic heterocycles. The van der Waals surface area contributed by atoms with E-state index in [-0.39, 0.29) is 11.5 Å². The molecule has 0 aromatic carbocycles. The maximum absolute atomic E-state index is 13.3. The number of carbonyl (C=O) groups excluding carboxylic acids is 1.